The van der Waals surface area contributed by atoms with Crippen molar-refractivity contribution in [3.05, 3.63) is 106 Å². The molecule has 3 fully saturated rings. The van der Waals surface area contributed by atoms with Crippen LogP contribution in [0.15, 0.2) is 100 Å². The summed E-state index contributed by atoms with van der Waals surface area (Å²) in [6.45, 7) is 9.14. The van der Waals surface area contributed by atoms with Crippen LogP contribution < -0.4 is 10.4 Å². The van der Waals surface area contributed by atoms with Crippen molar-refractivity contribution in [1.82, 2.24) is 4.90 Å². The molecule has 7 nitrogen and oxygen atoms in total. The van der Waals surface area contributed by atoms with Crippen LogP contribution in [-0.2, 0) is 18.7 Å². The van der Waals surface area contributed by atoms with E-state index in [0.29, 0.717) is 25.9 Å². The van der Waals surface area contributed by atoms with Crippen LogP contribution in [0.1, 0.15) is 84.6 Å². The molecule has 4 aliphatic rings. The van der Waals surface area contributed by atoms with E-state index >= 15 is 0 Å². The lowest BCUT2D eigenvalue weighted by molar-refractivity contribution is -0.143. The smallest absolute Gasteiger partial charge is 0.455 e. The lowest BCUT2D eigenvalue weighted by atomic mass is 9.58. The summed E-state index contributed by atoms with van der Waals surface area (Å²) >= 11 is 3.51. The Labute approximate surface area is 330 Å². The largest absolute Gasteiger partial charge is 0.507 e. The van der Waals surface area contributed by atoms with Gasteiger partial charge in [-0.25, -0.2) is 0 Å². The minimum absolute atomic E-state index is 0.0487. The van der Waals surface area contributed by atoms with Gasteiger partial charge in [-0.15, -0.1) is 0 Å². The molecular weight excluding hydrogens is 757 g/mol. The maximum Gasteiger partial charge on any atom is 0.455 e. The number of phenols is 1. The lowest BCUT2D eigenvalue weighted by Crippen LogP contribution is -2.66. The highest BCUT2D eigenvalue weighted by atomic mass is 79.9. The van der Waals surface area contributed by atoms with Crippen molar-refractivity contribution in [2.75, 3.05) is 6.61 Å². The first kappa shape index (κ1) is 39.0. The zero-order valence-electron chi connectivity index (χ0n) is 32.0. The van der Waals surface area contributed by atoms with Crippen molar-refractivity contribution in [1.29, 1.82) is 0 Å². The summed E-state index contributed by atoms with van der Waals surface area (Å²) in [7, 11) is -3.99. The molecule has 0 unspecified atom stereocenters. The average Bonchev–Trinajstić information content (AvgIpc) is 3.41. The zero-order chi connectivity index (χ0) is 38.2. The van der Waals surface area contributed by atoms with E-state index in [2.05, 4.69) is 85.2 Å². The monoisotopic (exact) mass is 809 g/mol. The van der Waals surface area contributed by atoms with Gasteiger partial charge in [-0.2, -0.15) is 0 Å². The number of halogens is 1. The fraction of sp³-hybridized carbons (Fsp3) is 0.455. The second-order valence-electron chi connectivity index (χ2n) is 16.8. The minimum Gasteiger partial charge on any atom is -0.507 e. The normalized spacial score (nSPS) is 24.2. The summed E-state index contributed by atoms with van der Waals surface area (Å²) in [6.07, 6.45) is 8.39. The number of allylic oxidation sites excluding steroid dienone is 1. The molecule has 3 aromatic carbocycles. The molecule has 2 aliphatic heterocycles. The van der Waals surface area contributed by atoms with Gasteiger partial charge >= 0.3 is 7.12 Å². The molecule has 10 heteroatoms. The lowest BCUT2D eigenvalue weighted by Gasteiger charge is -2.46. The highest BCUT2D eigenvalue weighted by Gasteiger charge is 2.59. The topological polar surface area (TPSA) is 96.3 Å². The van der Waals surface area contributed by atoms with Gasteiger partial charge in [0.15, 0.2) is 0 Å². The van der Waals surface area contributed by atoms with Gasteiger partial charge in [-0.05, 0) is 96.0 Å². The van der Waals surface area contributed by atoms with Crippen molar-refractivity contribution in [3.63, 3.8) is 0 Å². The first-order valence-electron chi connectivity index (χ1n) is 19.7. The highest BCUT2D eigenvalue weighted by molar-refractivity contribution is 9.10. The van der Waals surface area contributed by atoms with Gasteiger partial charge < -0.3 is 19.2 Å². The molecule has 0 radical (unpaired) electrons. The van der Waals surface area contributed by atoms with E-state index in [1.165, 1.54) is 10.4 Å². The predicted molar refractivity (Wildman–Crippen MR) is 221 cm³/mol. The third-order valence-electron chi connectivity index (χ3n) is 12.4. The molecule has 2 saturated heterocycles. The van der Waals surface area contributed by atoms with Crippen molar-refractivity contribution in [3.8, 4) is 5.75 Å². The molecule has 2 N–H and O–H groups in total. The summed E-state index contributed by atoms with van der Waals surface area (Å²) < 4.78 is 14.8. The van der Waals surface area contributed by atoms with E-state index < -0.39 is 33.4 Å². The minimum atomic E-state index is -2.94. The number of hydrogen-bond acceptors (Lipinski definition) is 6. The van der Waals surface area contributed by atoms with Gasteiger partial charge in [-0.3, -0.25) is 14.5 Å². The number of phenolic OH excluding ortho intramolecular Hbond substituents is 1. The van der Waals surface area contributed by atoms with E-state index in [4.69, 9.17) is 9.08 Å². The van der Waals surface area contributed by atoms with E-state index in [9.17, 15) is 19.7 Å². The van der Waals surface area contributed by atoms with E-state index in [1.807, 2.05) is 37.3 Å². The van der Waals surface area contributed by atoms with Gasteiger partial charge in [0.25, 0.3) is 8.32 Å². The number of rotatable bonds is 10. The molecule has 284 valence electrons. The van der Waals surface area contributed by atoms with Crippen LogP contribution in [0.4, 0.5) is 0 Å². The summed E-state index contributed by atoms with van der Waals surface area (Å²) in [5, 5.41) is 23.9. The van der Waals surface area contributed by atoms with Gasteiger partial charge in [-0.1, -0.05) is 128 Å². The maximum atomic E-state index is 14.5. The number of hydrogen-bond donors (Lipinski definition) is 2. The van der Waals surface area contributed by atoms with Crippen molar-refractivity contribution in [2.45, 2.75) is 103 Å². The van der Waals surface area contributed by atoms with Crippen LogP contribution >= 0.6 is 15.9 Å². The van der Waals surface area contributed by atoms with Crippen LogP contribution in [0.2, 0.25) is 11.4 Å². The quantitative estimate of drug-likeness (QED) is 0.122. The standard InChI is InChI=1S/C44H53BBrNO6Si/c1-29(24-30-25-32(46)21-22-38(30)48)20-23-39-40-31(28-52-54(44(2,3)4,34-16-10-6-11-17-34)35-18-12-7-13-19-35)26-36-41(37(40)27-45(51)53-39)43(50)47(42(36)49)33-14-8-5-9-15-33/h6-7,10-13,16-19,21-22,24-25,33,36-37,39,41,48,51H,5,8-9,14-15,20,23,26-28H2,1-4H3/b29-24+/t36-,37+,39-,41-/m1/s1. The Morgan fingerprint density at radius 1 is 0.963 bits per heavy atom. The molecule has 54 heavy (non-hydrogen) atoms. The molecule has 2 heterocycles. The number of nitrogens with zero attached hydrogens (tertiary/aromatic N) is 1. The SMILES string of the molecule is C/C(=C\c1cc(Br)ccc1O)CC[C@H]1OB(O)C[C@H]2C1=C(CO[Si](c1ccccc1)(c1ccccc1)C(C)(C)C)C[C@H]1C(=O)N(C3CCCCC3)C(=O)[C@H]12. The summed E-state index contributed by atoms with van der Waals surface area (Å²) in [6, 6.07) is 26.5. The Hall–Kier alpha value is -3.28. The first-order valence-corrected chi connectivity index (χ1v) is 22.4. The van der Waals surface area contributed by atoms with Crippen molar-refractivity contribution < 1.29 is 28.8 Å². The molecule has 4 atom stereocenters. The Kier molecular flexibility index (Phi) is 11.6. The third kappa shape index (κ3) is 7.49. The fourth-order valence-electron chi connectivity index (χ4n) is 9.91. The van der Waals surface area contributed by atoms with E-state index in [-0.39, 0.29) is 40.9 Å². The number of likely N-dealkylation sites (tertiary alicyclic amines) is 1. The van der Waals surface area contributed by atoms with E-state index in [1.54, 1.807) is 11.0 Å². The van der Waals surface area contributed by atoms with Gasteiger partial charge in [0.1, 0.15) is 5.75 Å². The molecule has 0 bridgehead atoms. The molecule has 2 amide bonds. The van der Waals surface area contributed by atoms with Crippen molar-refractivity contribution in [2.24, 2.45) is 17.8 Å². The molecule has 7 rings (SSSR count). The summed E-state index contributed by atoms with van der Waals surface area (Å²) in [5.41, 5.74) is 3.84. The van der Waals surface area contributed by atoms with E-state index in [0.717, 1.165) is 58.9 Å². The predicted octanol–water partition coefficient (Wildman–Crippen LogP) is 8.04. The van der Waals surface area contributed by atoms with Crippen LogP contribution in [0.25, 0.3) is 6.08 Å². The second kappa shape index (κ2) is 16.1. The van der Waals surface area contributed by atoms with Crippen molar-refractivity contribution >= 4 is 59.6 Å². The first-order chi connectivity index (χ1) is 25.9. The third-order valence-corrected chi connectivity index (χ3v) is 17.8. The number of carbonyl (C=O) groups is 2. The Bertz CT molecular complexity index is 1870. The Morgan fingerprint density at radius 3 is 2.24 bits per heavy atom. The van der Waals surface area contributed by atoms with Crippen LogP contribution in [0.5, 0.6) is 5.75 Å². The van der Waals surface area contributed by atoms with Gasteiger partial charge in [0.05, 0.1) is 24.5 Å². The molecule has 0 aromatic heterocycles. The van der Waals surface area contributed by atoms with Gasteiger partial charge in [0, 0.05) is 16.1 Å². The number of carbonyl (C=O) groups excluding carboxylic acids is 2. The van der Waals surface area contributed by atoms with Crippen LogP contribution in [-0.4, -0.2) is 61.0 Å². The Balaban J connectivity index is 1.29. The second-order valence-corrected chi connectivity index (χ2v) is 22.1. The zero-order valence-corrected chi connectivity index (χ0v) is 34.6. The fourth-order valence-corrected chi connectivity index (χ4v) is 14.8. The molecule has 0 spiro atoms. The van der Waals surface area contributed by atoms with Crippen LogP contribution in [0.3, 0.4) is 0 Å². The molecule has 1 saturated carbocycles. The number of imide groups is 1. The molecular formula is C44H53BBrNO6Si. The average molecular weight is 811 g/mol. The molecule has 3 aromatic rings. The number of aromatic hydroxyl groups is 1. The number of amides is 2. The number of fused-ring (bicyclic) bond motifs is 3. The van der Waals surface area contributed by atoms with Crippen LogP contribution in [0, 0.1) is 17.8 Å². The van der Waals surface area contributed by atoms with Gasteiger partial charge in [0.2, 0.25) is 11.8 Å². The highest BCUT2D eigenvalue weighted by Crippen LogP contribution is 2.52. The molecule has 2 aliphatic carbocycles. The summed E-state index contributed by atoms with van der Waals surface area (Å²) in [5.74, 6) is -1.22. The Morgan fingerprint density at radius 2 is 1.61 bits per heavy atom. The number of benzene rings is 3. The summed E-state index contributed by atoms with van der Waals surface area (Å²) in [4.78, 5) is 30.5. The maximum absolute atomic E-state index is 14.5.